The van der Waals surface area contributed by atoms with Crippen molar-refractivity contribution in [1.82, 2.24) is 14.8 Å². The van der Waals surface area contributed by atoms with E-state index in [1.165, 1.54) is 0 Å². The Kier molecular flexibility index (Phi) is 2.42. The SMILES string of the molecule is CCc1nc2n(n1)[C@H](c1ccccc1)C[C@@H]2F. The molecule has 0 radical (unpaired) electrons. The van der Waals surface area contributed by atoms with Crippen molar-refractivity contribution < 1.29 is 4.39 Å². The van der Waals surface area contributed by atoms with Crippen LogP contribution in [0.15, 0.2) is 30.3 Å². The molecule has 17 heavy (non-hydrogen) atoms. The molecule has 0 saturated carbocycles. The van der Waals surface area contributed by atoms with Crippen molar-refractivity contribution in [3.05, 3.63) is 47.5 Å². The van der Waals surface area contributed by atoms with E-state index in [9.17, 15) is 4.39 Å². The molecule has 1 aromatic heterocycles. The van der Waals surface area contributed by atoms with E-state index in [2.05, 4.69) is 10.1 Å². The predicted molar refractivity (Wildman–Crippen MR) is 62.4 cm³/mol. The zero-order chi connectivity index (χ0) is 11.8. The lowest BCUT2D eigenvalue weighted by molar-refractivity contribution is 0.328. The molecule has 0 saturated heterocycles. The molecule has 2 atom stereocenters. The second-order valence-corrected chi connectivity index (χ2v) is 4.31. The third kappa shape index (κ3) is 1.64. The molecule has 0 fully saturated rings. The molecule has 1 aliphatic heterocycles. The molecule has 0 bridgehead atoms. The molecule has 3 rings (SSSR count). The molecule has 2 aromatic rings. The molecule has 1 aromatic carbocycles. The van der Waals surface area contributed by atoms with Gasteiger partial charge in [0.15, 0.2) is 17.8 Å². The van der Waals surface area contributed by atoms with Crippen LogP contribution >= 0.6 is 0 Å². The fourth-order valence-corrected chi connectivity index (χ4v) is 2.33. The van der Waals surface area contributed by atoms with Crippen LogP contribution in [0, 0.1) is 0 Å². The lowest BCUT2D eigenvalue weighted by Crippen LogP contribution is -2.07. The molecule has 0 N–H and O–H groups in total. The lowest BCUT2D eigenvalue weighted by atomic mass is 10.0. The summed E-state index contributed by atoms with van der Waals surface area (Å²) in [5.74, 6) is 1.21. The molecule has 0 spiro atoms. The first-order chi connectivity index (χ1) is 8.29. The summed E-state index contributed by atoms with van der Waals surface area (Å²) in [6.07, 6.45) is 0.199. The number of hydrogen-bond donors (Lipinski definition) is 0. The quantitative estimate of drug-likeness (QED) is 0.795. The third-order valence-corrected chi connectivity index (χ3v) is 3.21. The Bertz CT molecular complexity index is 521. The van der Waals surface area contributed by atoms with Gasteiger partial charge in [-0.05, 0) is 5.56 Å². The van der Waals surface area contributed by atoms with Crippen molar-refractivity contribution in [3.8, 4) is 0 Å². The van der Waals surface area contributed by atoms with Crippen LogP contribution < -0.4 is 0 Å². The summed E-state index contributed by atoms with van der Waals surface area (Å²) in [5.41, 5.74) is 1.10. The number of hydrogen-bond acceptors (Lipinski definition) is 2. The van der Waals surface area contributed by atoms with Gasteiger partial charge >= 0.3 is 0 Å². The highest BCUT2D eigenvalue weighted by Crippen LogP contribution is 2.39. The molecule has 2 heterocycles. The van der Waals surface area contributed by atoms with E-state index in [-0.39, 0.29) is 6.04 Å². The number of benzene rings is 1. The van der Waals surface area contributed by atoms with E-state index < -0.39 is 6.17 Å². The molecule has 88 valence electrons. The fraction of sp³-hybridized carbons (Fsp3) is 0.385. The van der Waals surface area contributed by atoms with Gasteiger partial charge in [0.25, 0.3) is 0 Å². The fourth-order valence-electron chi connectivity index (χ4n) is 2.33. The minimum Gasteiger partial charge on any atom is -0.239 e. The average Bonchev–Trinajstić information content (AvgIpc) is 2.91. The summed E-state index contributed by atoms with van der Waals surface area (Å²) in [6.45, 7) is 1.98. The van der Waals surface area contributed by atoms with Crippen molar-refractivity contribution >= 4 is 0 Å². The van der Waals surface area contributed by atoms with Gasteiger partial charge in [0, 0.05) is 12.8 Å². The van der Waals surface area contributed by atoms with E-state index in [0.29, 0.717) is 12.2 Å². The van der Waals surface area contributed by atoms with Gasteiger partial charge < -0.3 is 0 Å². The Morgan fingerprint density at radius 1 is 1.35 bits per heavy atom. The van der Waals surface area contributed by atoms with Crippen LogP contribution in [0.2, 0.25) is 0 Å². The van der Waals surface area contributed by atoms with E-state index in [1.807, 2.05) is 37.3 Å². The summed E-state index contributed by atoms with van der Waals surface area (Å²) >= 11 is 0. The summed E-state index contributed by atoms with van der Waals surface area (Å²) < 4.78 is 15.6. The van der Waals surface area contributed by atoms with Crippen LogP contribution in [-0.4, -0.2) is 14.8 Å². The van der Waals surface area contributed by atoms with E-state index in [0.717, 1.165) is 17.8 Å². The molecule has 4 heteroatoms. The number of fused-ring (bicyclic) bond motifs is 1. The maximum absolute atomic E-state index is 13.9. The van der Waals surface area contributed by atoms with Crippen molar-refractivity contribution in [2.45, 2.75) is 32.0 Å². The van der Waals surface area contributed by atoms with Gasteiger partial charge in [0.2, 0.25) is 0 Å². The Balaban J connectivity index is 2.03. The Morgan fingerprint density at radius 2 is 2.12 bits per heavy atom. The second-order valence-electron chi connectivity index (χ2n) is 4.31. The molecule has 0 unspecified atom stereocenters. The van der Waals surface area contributed by atoms with Crippen LogP contribution in [0.4, 0.5) is 4.39 Å². The number of alkyl halides is 1. The van der Waals surface area contributed by atoms with Crippen LogP contribution in [0.25, 0.3) is 0 Å². The maximum atomic E-state index is 13.9. The van der Waals surface area contributed by atoms with Crippen LogP contribution in [-0.2, 0) is 6.42 Å². The summed E-state index contributed by atoms with van der Waals surface area (Å²) in [5, 5.41) is 4.38. The third-order valence-electron chi connectivity index (χ3n) is 3.21. The van der Waals surface area contributed by atoms with Gasteiger partial charge in [-0.2, -0.15) is 5.10 Å². The smallest absolute Gasteiger partial charge is 0.162 e. The van der Waals surface area contributed by atoms with Crippen molar-refractivity contribution in [1.29, 1.82) is 0 Å². The summed E-state index contributed by atoms with van der Waals surface area (Å²) in [7, 11) is 0. The number of nitrogens with zero attached hydrogens (tertiary/aromatic N) is 3. The minimum atomic E-state index is -0.993. The van der Waals surface area contributed by atoms with Gasteiger partial charge in [0.05, 0.1) is 6.04 Å². The topological polar surface area (TPSA) is 30.7 Å². The number of aromatic nitrogens is 3. The van der Waals surface area contributed by atoms with Crippen LogP contribution in [0.1, 0.15) is 42.8 Å². The Hall–Kier alpha value is -1.71. The summed E-state index contributed by atoms with van der Waals surface area (Å²) in [6, 6.07) is 9.93. The normalized spacial score (nSPS) is 22.7. The molecule has 0 amide bonds. The van der Waals surface area contributed by atoms with Crippen LogP contribution in [0.5, 0.6) is 0 Å². The Labute approximate surface area is 99.3 Å². The number of rotatable bonds is 2. The predicted octanol–water partition coefficient (Wildman–Crippen LogP) is 2.84. The lowest BCUT2D eigenvalue weighted by Gasteiger charge is -2.11. The number of halogens is 1. The first-order valence-corrected chi connectivity index (χ1v) is 5.94. The van der Waals surface area contributed by atoms with Gasteiger partial charge in [0.1, 0.15) is 0 Å². The first-order valence-electron chi connectivity index (χ1n) is 5.94. The summed E-state index contributed by atoms with van der Waals surface area (Å²) in [4.78, 5) is 4.24. The highest BCUT2D eigenvalue weighted by molar-refractivity contribution is 5.23. The van der Waals surface area contributed by atoms with E-state index in [1.54, 1.807) is 4.68 Å². The first kappa shape index (κ1) is 10.4. The zero-order valence-corrected chi connectivity index (χ0v) is 9.68. The highest BCUT2D eigenvalue weighted by atomic mass is 19.1. The minimum absolute atomic E-state index is 0.00556. The van der Waals surface area contributed by atoms with Crippen molar-refractivity contribution in [2.24, 2.45) is 0 Å². The molecule has 3 nitrogen and oxygen atoms in total. The highest BCUT2D eigenvalue weighted by Gasteiger charge is 2.34. The van der Waals surface area contributed by atoms with Gasteiger partial charge in [-0.1, -0.05) is 37.3 Å². The maximum Gasteiger partial charge on any atom is 0.162 e. The van der Waals surface area contributed by atoms with Crippen molar-refractivity contribution in [3.63, 3.8) is 0 Å². The number of aryl methyl sites for hydroxylation is 1. The standard InChI is InChI=1S/C13H14FN3/c1-2-12-15-13-10(14)8-11(17(13)16-12)9-6-4-3-5-7-9/h3-7,10-11H,2,8H2,1H3/t10-,11-/m0/s1. The molecule has 0 aliphatic carbocycles. The van der Waals surface area contributed by atoms with Crippen LogP contribution in [0.3, 0.4) is 0 Å². The Morgan fingerprint density at radius 3 is 2.82 bits per heavy atom. The largest absolute Gasteiger partial charge is 0.239 e. The second kappa shape index (κ2) is 3.95. The van der Waals surface area contributed by atoms with Gasteiger partial charge in [-0.15, -0.1) is 0 Å². The molecular weight excluding hydrogens is 217 g/mol. The van der Waals surface area contributed by atoms with Gasteiger partial charge in [-0.3, -0.25) is 0 Å². The van der Waals surface area contributed by atoms with Gasteiger partial charge in [-0.25, -0.2) is 14.1 Å². The van der Waals surface area contributed by atoms with E-state index >= 15 is 0 Å². The molecule has 1 aliphatic rings. The average molecular weight is 231 g/mol. The molecular formula is C13H14FN3. The monoisotopic (exact) mass is 231 g/mol. The van der Waals surface area contributed by atoms with Crippen molar-refractivity contribution in [2.75, 3.05) is 0 Å². The van der Waals surface area contributed by atoms with E-state index in [4.69, 9.17) is 0 Å². The zero-order valence-electron chi connectivity index (χ0n) is 9.68.